The molecule has 4 fully saturated rings. The zero-order valence-electron chi connectivity index (χ0n) is 24.1. The summed E-state index contributed by atoms with van der Waals surface area (Å²) in [7, 11) is 2.07. The number of hydrogen-bond acceptors (Lipinski definition) is 2. The van der Waals surface area contributed by atoms with Gasteiger partial charge in [-0.05, 0) is 97.0 Å². The van der Waals surface area contributed by atoms with Gasteiger partial charge < -0.3 is 9.64 Å². The Morgan fingerprint density at radius 2 is 1.50 bits per heavy atom. The second-order valence-electron chi connectivity index (χ2n) is 13.8. The number of benzene rings is 2. The Labute approximate surface area is 230 Å². The molecule has 6 rings (SSSR count). The fourth-order valence-electron chi connectivity index (χ4n) is 10.5. The molecule has 4 aliphatic rings. The van der Waals surface area contributed by atoms with E-state index in [-0.39, 0.29) is 17.6 Å². The fourth-order valence-corrected chi connectivity index (χ4v) is 10.5. The lowest BCUT2D eigenvalue weighted by atomic mass is 9.46. The first-order valence-electron chi connectivity index (χ1n) is 15.2. The molecule has 0 radical (unpaired) electrons. The smallest absolute Gasteiger partial charge is 0.222 e. The topological polar surface area (TPSA) is 29.5 Å². The second-order valence-corrected chi connectivity index (χ2v) is 13.8. The maximum atomic E-state index is 12.6. The van der Waals surface area contributed by atoms with Crippen LogP contribution in [0.2, 0.25) is 0 Å². The minimum absolute atomic E-state index is 0.0387. The summed E-state index contributed by atoms with van der Waals surface area (Å²) in [5, 5.41) is 0. The van der Waals surface area contributed by atoms with E-state index < -0.39 is 0 Å². The van der Waals surface area contributed by atoms with E-state index in [1.54, 1.807) is 0 Å². The number of piperidine rings is 1. The van der Waals surface area contributed by atoms with Gasteiger partial charge in [0.25, 0.3) is 0 Å². The van der Waals surface area contributed by atoms with Gasteiger partial charge in [-0.15, -0.1) is 0 Å². The van der Waals surface area contributed by atoms with Crippen molar-refractivity contribution in [3.8, 4) is 0 Å². The van der Waals surface area contributed by atoms with E-state index >= 15 is 0 Å². The molecular weight excluding hydrogens is 466 g/mol. The van der Waals surface area contributed by atoms with Crippen LogP contribution < -0.4 is 0 Å². The summed E-state index contributed by atoms with van der Waals surface area (Å²) in [5.41, 5.74) is 3.08. The Morgan fingerprint density at radius 3 is 2.13 bits per heavy atom. The number of fused-ring (bicyclic) bond motifs is 5. The first-order chi connectivity index (χ1) is 18.2. The summed E-state index contributed by atoms with van der Waals surface area (Å²) in [4.78, 5) is 14.7. The standard InChI is InChI=1S/C35H47NO2/c1-23-22-29-27-16-17-30-34(3,21-19-31(37)36(30)5)28(27)18-20-35(29,4)32(23)24(2)38-33(25-12-8-6-9-13-25)26-14-10-7-11-15-26/h6-15,23-24,27-30,32-33H,16-22H2,1-5H3/t23?,24?,27-,28+,29+,30?,32-,34-,35+/m1/s1. The Morgan fingerprint density at radius 1 is 0.868 bits per heavy atom. The number of nitrogens with zero attached hydrogens (tertiary/aromatic N) is 1. The molecule has 3 unspecified atom stereocenters. The first kappa shape index (κ1) is 26.1. The molecule has 0 N–H and O–H groups in total. The summed E-state index contributed by atoms with van der Waals surface area (Å²) in [6, 6.07) is 22.0. The molecule has 0 bridgehead atoms. The highest BCUT2D eigenvalue weighted by molar-refractivity contribution is 5.77. The van der Waals surface area contributed by atoms with E-state index in [0.717, 1.165) is 30.6 Å². The van der Waals surface area contributed by atoms with Gasteiger partial charge in [-0.3, -0.25) is 4.79 Å². The van der Waals surface area contributed by atoms with Crippen molar-refractivity contribution in [2.24, 2.45) is 40.4 Å². The average molecular weight is 514 g/mol. The van der Waals surface area contributed by atoms with E-state index in [1.165, 1.54) is 43.2 Å². The zero-order chi connectivity index (χ0) is 26.7. The van der Waals surface area contributed by atoms with Crippen LogP contribution in [0.25, 0.3) is 0 Å². The Hall–Kier alpha value is -2.13. The van der Waals surface area contributed by atoms with Crippen LogP contribution in [0, 0.1) is 40.4 Å². The number of carbonyl (C=O) groups is 1. The third-order valence-electron chi connectivity index (χ3n) is 12.1. The molecule has 2 aromatic rings. The molecule has 1 heterocycles. The SMILES string of the molecule is CC1C[C@H]2[C@@H]3CCC4N(C)C(=O)CC[C@]4(C)[C@H]3CC[C@]2(C)[C@H]1C(C)OC(c1ccccc1)c1ccccc1. The summed E-state index contributed by atoms with van der Waals surface area (Å²) in [6.07, 6.45) is 8.36. The van der Waals surface area contributed by atoms with Crippen LogP contribution in [-0.4, -0.2) is 30.0 Å². The molecule has 1 amide bonds. The van der Waals surface area contributed by atoms with Crippen molar-refractivity contribution >= 4 is 5.91 Å². The summed E-state index contributed by atoms with van der Waals surface area (Å²) >= 11 is 0. The van der Waals surface area contributed by atoms with Crippen LogP contribution in [0.15, 0.2) is 60.7 Å². The van der Waals surface area contributed by atoms with E-state index in [1.807, 2.05) is 0 Å². The zero-order valence-corrected chi connectivity index (χ0v) is 24.1. The Kier molecular flexibility index (Phi) is 6.74. The van der Waals surface area contributed by atoms with Crippen molar-refractivity contribution in [3.05, 3.63) is 71.8 Å². The van der Waals surface area contributed by atoms with Crippen LogP contribution in [0.4, 0.5) is 0 Å². The highest BCUT2D eigenvalue weighted by Crippen LogP contribution is 2.68. The molecule has 1 aliphatic heterocycles. The van der Waals surface area contributed by atoms with Crippen LogP contribution >= 0.6 is 0 Å². The molecule has 3 saturated carbocycles. The van der Waals surface area contributed by atoms with Crippen molar-refractivity contribution < 1.29 is 9.53 Å². The highest BCUT2D eigenvalue weighted by atomic mass is 16.5. The number of likely N-dealkylation sites (tertiary alicyclic amines) is 1. The lowest BCUT2D eigenvalue weighted by molar-refractivity contribution is -0.161. The number of rotatable bonds is 5. The highest BCUT2D eigenvalue weighted by Gasteiger charge is 2.63. The van der Waals surface area contributed by atoms with Gasteiger partial charge >= 0.3 is 0 Å². The van der Waals surface area contributed by atoms with Crippen molar-refractivity contribution in [1.29, 1.82) is 0 Å². The number of amides is 1. The van der Waals surface area contributed by atoms with E-state index in [2.05, 4.69) is 100 Å². The van der Waals surface area contributed by atoms with Crippen LogP contribution in [0.1, 0.15) is 89.9 Å². The minimum atomic E-state index is -0.0387. The van der Waals surface area contributed by atoms with Gasteiger partial charge in [0, 0.05) is 19.5 Å². The van der Waals surface area contributed by atoms with Gasteiger partial charge in [-0.1, -0.05) is 81.4 Å². The van der Waals surface area contributed by atoms with Gasteiger partial charge in [-0.25, -0.2) is 0 Å². The quantitative estimate of drug-likeness (QED) is 0.407. The molecule has 0 aromatic heterocycles. The van der Waals surface area contributed by atoms with Gasteiger partial charge in [0.05, 0.1) is 6.10 Å². The van der Waals surface area contributed by atoms with E-state index in [9.17, 15) is 4.79 Å². The molecule has 204 valence electrons. The average Bonchev–Trinajstić information content (AvgIpc) is 3.20. The molecule has 3 aliphatic carbocycles. The van der Waals surface area contributed by atoms with Crippen molar-refractivity contribution in [1.82, 2.24) is 4.90 Å². The molecule has 1 saturated heterocycles. The van der Waals surface area contributed by atoms with Crippen LogP contribution in [0.5, 0.6) is 0 Å². The third kappa shape index (κ3) is 4.07. The number of hydrogen-bond donors (Lipinski definition) is 0. The third-order valence-corrected chi connectivity index (χ3v) is 12.1. The van der Waals surface area contributed by atoms with E-state index in [4.69, 9.17) is 4.74 Å². The number of ether oxygens (including phenoxy) is 1. The van der Waals surface area contributed by atoms with Crippen LogP contribution in [-0.2, 0) is 9.53 Å². The predicted molar refractivity (Wildman–Crippen MR) is 153 cm³/mol. The van der Waals surface area contributed by atoms with Crippen molar-refractivity contribution in [3.63, 3.8) is 0 Å². The Balaban J connectivity index is 1.26. The summed E-state index contributed by atoms with van der Waals surface area (Å²) in [5.74, 6) is 3.88. The predicted octanol–water partition coefficient (Wildman–Crippen LogP) is 7.91. The second kappa shape index (κ2) is 9.81. The molecule has 9 atom stereocenters. The first-order valence-corrected chi connectivity index (χ1v) is 15.2. The van der Waals surface area contributed by atoms with E-state index in [0.29, 0.717) is 29.2 Å². The van der Waals surface area contributed by atoms with Gasteiger partial charge in [0.1, 0.15) is 6.10 Å². The van der Waals surface area contributed by atoms with Gasteiger partial charge in [0.15, 0.2) is 0 Å². The van der Waals surface area contributed by atoms with Crippen LogP contribution in [0.3, 0.4) is 0 Å². The minimum Gasteiger partial charge on any atom is -0.366 e. The largest absolute Gasteiger partial charge is 0.366 e. The lowest BCUT2D eigenvalue weighted by Crippen LogP contribution is -2.61. The van der Waals surface area contributed by atoms with Crippen molar-refractivity contribution in [2.75, 3.05) is 7.05 Å². The summed E-state index contributed by atoms with van der Waals surface area (Å²) < 4.78 is 7.11. The summed E-state index contributed by atoms with van der Waals surface area (Å²) in [6.45, 7) is 10.0. The van der Waals surface area contributed by atoms with Gasteiger partial charge in [0.2, 0.25) is 5.91 Å². The maximum absolute atomic E-state index is 12.6. The molecule has 38 heavy (non-hydrogen) atoms. The molecule has 2 aromatic carbocycles. The molecule has 3 nitrogen and oxygen atoms in total. The van der Waals surface area contributed by atoms with Gasteiger partial charge in [-0.2, -0.15) is 0 Å². The lowest BCUT2D eigenvalue weighted by Gasteiger charge is -2.62. The molecular formula is C35H47NO2. The molecule has 0 spiro atoms. The normalized spacial score (nSPS) is 39.4. The Bertz CT molecular complexity index is 1090. The molecule has 3 heteroatoms. The maximum Gasteiger partial charge on any atom is 0.222 e. The van der Waals surface area contributed by atoms with Crippen molar-refractivity contribution in [2.45, 2.75) is 90.9 Å². The monoisotopic (exact) mass is 513 g/mol. The number of carbonyl (C=O) groups excluding carboxylic acids is 1. The fraction of sp³-hybridized carbons (Fsp3) is 0.629.